The van der Waals surface area contributed by atoms with E-state index in [0.717, 1.165) is 23.3 Å². The molecule has 4 rings (SSSR count). The van der Waals surface area contributed by atoms with Crippen molar-refractivity contribution in [3.8, 4) is 0 Å². The highest BCUT2D eigenvalue weighted by atomic mass is 32.2. The Morgan fingerprint density at radius 3 is 2.73 bits per heavy atom. The molecule has 2 aromatic heterocycles. The summed E-state index contributed by atoms with van der Waals surface area (Å²) in [6.07, 6.45) is 5.87. The van der Waals surface area contributed by atoms with Gasteiger partial charge in [0, 0.05) is 18.4 Å². The number of nitrogens with zero attached hydrogens (tertiary/aromatic N) is 5. The lowest BCUT2D eigenvalue weighted by Gasteiger charge is -2.06. The van der Waals surface area contributed by atoms with Crippen molar-refractivity contribution in [2.75, 3.05) is 0 Å². The van der Waals surface area contributed by atoms with E-state index in [1.54, 1.807) is 11.8 Å². The van der Waals surface area contributed by atoms with Crippen LogP contribution in [0.1, 0.15) is 69.0 Å². The standard InChI is InChI=1S/C15H21N5OS/c1-9(2)7-13-16-12(19-21-13)8-22-15-18-17-14(10-3-4-10)20(15)11-5-6-11/h9-11H,3-8H2,1-2H3. The summed E-state index contributed by atoms with van der Waals surface area (Å²) in [5, 5.41) is 13.9. The zero-order valence-electron chi connectivity index (χ0n) is 13.0. The highest BCUT2D eigenvalue weighted by molar-refractivity contribution is 7.98. The maximum Gasteiger partial charge on any atom is 0.226 e. The summed E-state index contributed by atoms with van der Waals surface area (Å²) >= 11 is 1.67. The Kier molecular flexibility index (Phi) is 3.68. The van der Waals surface area contributed by atoms with Gasteiger partial charge in [0.15, 0.2) is 11.0 Å². The Bertz CT molecular complexity index is 657. The Morgan fingerprint density at radius 2 is 2.05 bits per heavy atom. The Morgan fingerprint density at radius 1 is 1.23 bits per heavy atom. The molecule has 0 radical (unpaired) electrons. The molecule has 0 N–H and O–H groups in total. The average molecular weight is 319 g/mol. The first-order chi connectivity index (χ1) is 10.7. The molecule has 118 valence electrons. The maximum absolute atomic E-state index is 5.29. The van der Waals surface area contributed by atoms with Crippen LogP contribution in [-0.2, 0) is 12.2 Å². The third-order valence-electron chi connectivity index (χ3n) is 3.97. The molecule has 0 saturated heterocycles. The molecule has 0 unspecified atom stereocenters. The van der Waals surface area contributed by atoms with Gasteiger partial charge in [-0.05, 0) is 31.6 Å². The molecule has 2 saturated carbocycles. The van der Waals surface area contributed by atoms with Gasteiger partial charge >= 0.3 is 0 Å². The molecule has 2 fully saturated rings. The molecular weight excluding hydrogens is 298 g/mol. The fourth-order valence-electron chi connectivity index (χ4n) is 2.59. The van der Waals surface area contributed by atoms with Crippen LogP contribution in [0.3, 0.4) is 0 Å². The van der Waals surface area contributed by atoms with Crippen LogP contribution < -0.4 is 0 Å². The largest absolute Gasteiger partial charge is 0.339 e. The summed E-state index contributed by atoms with van der Waals surface area (Å²) in [7, 11) is 0. The third-order valence-corrected chi connectivity index (χ3v) is 4.91. The molecule has 2 aliphatic rings. The van der Waals surface area contributed by atoms with Gasteiger partial charge in [0.2, 0.25) is 5.89 Å². The minimum absolute atomic E-state index is 0.528. The quantitative estimate of drug-likeness (QED) is 0.729. The van der Waals surface area contributed by atoms with Gasteiger partial charge in [0.1, 0.15) is 5.82 Å². The predicted molar refractivity (Wildman–Crippen MR) is 82.7 cm³/mol. The van der Waals surface area contributed by atoms with E-state index in [2.05, 4.69) is 38.8 Å². The predicted octanol–water partition coefficient (Wildman–Crippen LogP) is 3.36. The molecule has 7 heteroatoms. The zero-order chi connectivity index (χ0) is 15.1. The van der Waals surface area contributed by atoms with Gasteiger partial charge in [-0.2, -0.15) is 4.98 Å². The lowest BCUT2D eigenvalue weighted by Crippen LogP contribution is -2.02. The lowest BCUT2D eigenvalue weighted by atomic mass is 10.1. The van der Waals surface area contributed by atoms with E-state index in [9.17, 15) is 0 Å². The van der Waals surface area contributed by atoms with E-state index in [1.807, 2.05) is 0 Å². The number of hydrogen-bond acceptors (Lipinski definition) is 6. The second kappa shape index (κ2) is 5.68. The van der Waals surface area contributed by atoms with Crippen LogP contribution in [0.25, 0.3) is 0 Å². The van der Waals surface area contributed by atoms with Crippen molar-refractivity contribution >= 4 is 11.8 Å². The molecule has 2 heterocycles. The Labute approximate surface area is 134 Å². The highest BCUT2D eigenvalue weighted by Crippen LogP contribution is 2.46. The summed E-state index contributed by atoms with van der Waals surface area (Å²) in [4.78, 5) is 4.45. The van der Waals surface area contributed by atoms with E-state index in [4.69, 9.17) is 4.52 Å². The molecule has 22 heavy (non-hydrogen) atoms. The topological polar surface area (TPSA) is 69.6 Å². The van der Waals surface area contributed by atoms with Gasteiger partial charge in [-0.3, -0.25) is 0 Å². The van der Waals surface area contributed by atoms with Crippen LogP contribution in [0.5, 0.6) is 0 Å². The van der Waals surface area contributed by atoms with E-state index in [0.29, 0.717) is 23.6 Å². The van der Waals surface area contributed by atoms with Crippen molar-refractivity contribution in [1.29, 1.82) is 0 Å². The first-order valence-electron chi connectivity index (χ1n) is 8.09. The van der Waals surface area contributed by atoms with Crippen molar-refractivity contribution in [3.05, 3.63) is 17.5 Å². The number of hydrogen-bond donors (Lipinski definition) is 0. The molecule has 0 aliphatic heterocycles. The minimum Gasteiger partial charge on any atom is -0.339 e. The highest BCUT2D eigenvalue weighted by Gasteiger charge is 2.36. The van der Waals surface area contributed by atoms with Crippen LogP contribution in [0, 0.1) is 5.92 Å². The molecule has 0 bridgehead atoms. The minimum atomic E-state index is 0.528. The summed E-state index contributed by atoms with van der Waals surface area (Å²) in [6, 6.07) is 0.620. The third kappa shape index (κ3) is 3.04. The van der Waals surface area contributed by atoms with E-state index in [-0.39, 0.29) is 0 Å². The summed E-state index contributed by atoms with van der Waals surface area (Å²) in [6.45, 7) is 4.30. The van der Waals surface area contributed by atoms with Crippen LogP contribution >= 0.6 is 11.8 Å². The second-order valence-corrected chi connectivity index (χ2v) is 7.65. The Balaban J connectivity index is 1.44. The number of thioether (sulfide) groups is 1. The Hall–Kier alpha value is -1.37. The summed E-state index contributed by atoms with van der Waals surface area (Å²) in [5.41, 5.74) is 0. The van der Waals surface area contributed by atoms with E-state index >= 15 is 0 Å². The lowest BCUT2D eigenvalue weighted by molar-refractivity contribution is 0.360. The molecule has 2 aliphatic carbocycles. The monoisotopic (exact) mass is 319 g/mol. The number of aromatic nitrogens is 5. The van der Waals surface area contributed by atoms with Crippen LogP contribution in [0.4, 0.5) is 0 Å². The molecule has 0 amide bonds. The van der Waals surface area contributed by atoms with Gasteiger partial charge < -0.3 is 9.09 Å². The van der Waals surface area contributed by atoms with Gasteiger partial charge in [-0.1, -0.05) is 30.8 Å². The van der Waals surface area contributed by atoms with Crippen LogP contribution in [0.15, 0.2) is 9.68 Å². The molecule has 0 atom stereocenters. The fourth-order valence-corrected chi connectivity index (χ4v) is 3.45. The maximum atomic E-state index is 5.29. The van der Waals surface area contributed by atoms with Crippen molar-refractivity contribution in [1.82, 2.24) is 24.9 Å². The van der Waals surface area contributed by atoms with Crippen LogP contribution in [-0.4, -0.2) is 24.9 Å². The second-order valence-electron chi connectivity index (χ2n) is 6.71. The zero-order valence-corrected chi connectivity index (χ0v) is 13.8. The summed E-state index contributed by atoms with van der Waals surface area (Å²) in [5.74, 6) is 4.53. The van der Waals surface area contributed by atoms with Crippen molar-refractivity contribution in [3.63, 3.8) is 0 Å². The van der Waals surface area contributed by atoms with Crippen molar-refractivity contribution in [2.24, 2.45) is 5.92 Å². The average Bonchev–Trinajstić information content (AvgIpc) is 3.40. The smallest absolute Gasteiger partial charge is 0.226 e. The molecule has 0 spiro atoms. The van der Waals surface area contributed by atoms with Gasteiger partial charge in [0.05, 0.1) is 5.75 Å². The van der Waals surface area contributed by atoms with Gasteiger partial charge in [-0.15, -0.1) is 10.2 Å². The normalized spacial score (nSPS) is 18.3. The number of rotatable bonds is 7. The fraction of sp³-hybridized carbons (Fsp3) is 0.733. The van der Waals surface area contributed by atoms with Gasteiger partial charge in [-0.25, -0.2) is 0 Å². The van der Waals surface area contributed by atoms with Crippen molar-refractivity contribution < 1.29 is 4.52 Å². The molecule has 6 nitrogen and oxygen atoms in total. The van der Waals surface area contributed by atoms with E-state index in [1.165, 1.54) is 31.5 Å². The molecular formula is C15H21N5OS. The SMILES string of the molecule is CC(C)Cc1nc(CSc2nnc(C3CC3)n2C2CC2)no1. The van der Waals surface area contributed by atoms with Crippen molar-refractivity contribution in [2.45, 2.75) is 68.8 Å². The first kappa shape index (κ1) is 14.2. The summed E-state index contributed by atoms with van der Waals surface area (Å²) < 4.78 is 7.65. The molecule has 0 aromatic carbocycles. The first-order valence-corrected chi connectivity index (χ1v) is 9.08. The molecule has 2 aromatic rings. The van der Waals surface area contributed by atoms with Crippen LogP contribution in [0.2, 0.25) is 0 Å². The van der Waals surface area contributed by atoms with Gasteiger partial charge in [0.25, 0.3) is 0 Å². The van der Waals surface area contributed by atoms with E-state index < -0.39 is 0 Å².